The molecular formula is C7H15NO3S. The Morgan fingerprint density at radius 2 is 1.92 bits per heavy atom. The summed E-state index contributed by atoms with van der Waals surface area (Å²) in [6, 6.07) is -0.769. The van der Waals surface area contributed by atoms with E-state index < -0.39 is 24.0 Å². The van der Waals surface area contributed by atoms with Crippen LogP contribution >= 0.6 is 12.6 Å². The summed E-state index contributed by atoms with van der Waals surface area (Å²) in [5.41, 5.74) is 5.48. The molecule has 72 valence electrons. The number of aliphatic hydroxyl groups is 1. The highest BCUT2D eigenvalue weighted by Crippen LogP contribution is 2.11. The predicted molar refractivity (Wildman–Crippen MR) is 49.2 cm³/mol. The van der Waals surface area contributed by atoms with Crippen LogP contribution in [-0.2, 0) is 4.79 Å². The van der Waals surface area contributed by atoms with Crippen molar-refractivity contribution in [3.63, 3.8) is 0 Å². The van der Waals surface area contributed by atoms with Crippen molar-refractivity contribution in [1.82, 2.24) is 0 Å². The van der Waals surface area contributed by atoms with Crippen molar-refractivity contribution in [2.24, 2.45) is 11.7 Å². The number of thiol groups is 1. The smallest absolute Gasteiger partial charge is 0.307 e. The Morgan fingerprint density at radius 3 is 2.17 bits per heavy atom. The number of carboxylic acid groups (broad SMARTS) is 1. The summed E-state index contributed by atoms with van der Waals surface area (Å²) >= 11 is 3.97. The maximum Gasteiger partial charge on any atom is 0.307 e. The molecule has 0 aliphatic rings. The van der Waals surface area contributed by atoms with E-state index in [1.54, 1.807) is 6.92 Å². The van der Waals surface area contributed by atoms with E-state index in [0.717, 1.165) is 0 Å². The molecule has 4 atom stereocenters. The maximum absolute atomic E-state index is 10.5. The van der Waals surface area contributed by atoms with Crippen LogP contribution in [0.25, 0.3) is 0 Å². The van der Waals surface area contributed by atoms with Crippen LogP contribution in [0, 0.1) is 5.92 Å². The van der Waals surface area contributed by atoms with Crippen LogP contribution in [-0.4, -0.2) is 33.6 Å². The summed E-state index contributed by atoms with van der Waals surface area (Å²) in [4.78, 5) is 10.5. The molecule has 0 aliphatic carbocycles. The summed E-state index contributed by atoms with van der Waals surface area (Å²) in [5, 5.41) is 17.6. The van der Waals surface area contributed by atoms with Gasteiger partial charge in [-0.15, -0.1) is 0 Å². The van der Waals surface area contributed by atoms with Crippen LogP contribution in [0.15, 0.2) is 0 Å². The number of carbonyl (C=O) groups is 1. The Labute approximate surface area is 77.2 Å². The molecule has 0 saturated heterocycles. The Balaban J connectivity index is 4.18. The third-order valence-electron chi connectivity index (χ3n) is 1.86. The van der Waals surface area contributed by atoms with Crippen molar-refractivity contribution in [3.8, 4) is 0 Å². The van der Waals surface area contributed by atoms with E-state index in [1.807, 2.05) is 0 Å². The lowest BCUT2D eigenvalue weighted by Crippen LogP contribution is -2.46. The fourth-order valence-corrected chi connectivity index (χ4v) is 0.981. The molecule has 5 heteroatoms. The molecular weight excluding hydrogens is 178 g/mol. The second kappa shape index (κ2) is 4.69. The van der Waals surface area contributed by atoms with Gasteiger partial charge in [-0.25, -0.2) is 0 Å². The summed E-state index contributed by atoms with van der Waals surface area (Å²) in [6.07, 6.45) is -0.889. The van der Waals surface area contributed by atoms with E-state index in [9.17, 15) is 9.90 Å². The number of carboxylic acids is 1. The van der Waals surface area contributed by atoms with E-state index in [0.29, 0.717) is 0 Å². The molecule has 0 aliphatic heterocycles. The zero-order chi connectivity index (χ0) is 9.89. The summed E-state index contributed by atoms with van der Waals surface area (Å²) in [5.74, 6) is -1.76. The molecule has 0 aromatic heterocycles. The monoisotopic (exact) mass is 193 g/mol. The zero-order valence-corrected chi connectivity index (χ0v) is 8.03. The van der Waals surface area contributed by atoms with Crippen LogP contribution in [0.4, 0.5) is 0 Å². The van der Waals surface area contributed by atoms with Gasteiger partial charge in [-0.05, 0) is 0 Å². The molecule has 0 fully saturated rings. The first-order valence-corrected chi connectivity index (χ1v) is 4.24. The van der Waals surface area contributed by atoms with Crippen molar-refractivity contribution < 1.29 is 15.0 Å². The van der Waals surface area contributed by atoms with Crippen molar-refractivity contribution in [2.75, 3.05) is 0 Å². The normalized spacial score (nSPS) is 21.1. The lowest BCUT2D eigenvalue weighted by Gasteiger charge is -2.24. The second-order valence-electron chi connectivity index (χ2n) is 2.94. The van der Waals surface area contributed by atoms with Crippen molar-refractivity contribution in [3.05, 3.63) is 0 Å². The number of aliphatic carboxylic acids is 1. The molecule has 0 amide bonds. The van der Waals surface area contributed by atoms with Gasteiger partial charge in [0.1, 0.15) is 0 Å². The van der Waals surface area contributed by atoms with Crippen LogP contribution in [0.2, 0.25) is 0 Å². The van der Waals surface area contributed by atoms with Gasteiger partial charge in [0, 0.05) is 11.3 Å². The van der Waals surface area contributed by atoms with E-state index in [2.05, 4.69) is 12.6 Å². The quantitative estimate of drug-likeness (QED) is 0.462. The molecule has 0 heterocycles. The highest BCUT2D eigenvalue weighted by atomic mass is 32.1. The highest BCUT2D eigenvalue weighted by molar-refractivity contribution is 7.81. The SMILES string of the molecule is CC(S)C(O)C(N)C(C)C(=O)O. The maximum atomic E-state index is 10.5. The van der Waals surface area contributed by atoms with Crippen LogP contribution in [0.5, 0.6) is 0 Å². The summed E-state index contributed by atoms with van der Waals surface area (Å²) in [6.45, 7) is 3.13. The molecule has 4 N–H and O–H groups in total. The minimum Gasteiger partial charge on any atom is -0.481 e. The average Bonchev–Trinajstić information content (AvgIpc) is 2.00. The summed E-state index contributed by atoms with van der Waals surface area (Å²) in [7, 11) is 0. The topological polar surface area (TPSA) is 83.5 Å². The molecule has 4 nitrogen and oxygen atoms in total. The fourth-order valence-electron chi connectivity index (χ4n) is 0.782. The fraction of sp³-hybridized carbons (Fsp3) is 0.857. The van der Waals surface area contributed by atoms with Gasteiger partial charge in [-0.2, -0.15) is 12.6 Å². The van der Waals surface area contributed by atoms with Crippen molar-refractivity contribution in [1.29, 1.82) is 0 Å². The third kappa shape index (κ3) is 3.00. The van der Waals surface area contributed by atoms with Gasteiger partial charge in [0.05, 0.1) is 12.0 Å². The molecule has 0 radical (unpaired) electrons. The first-order chi connectivity index (χ1) is 5.37. The lowest BCUT2D eigenvalue weighted by molar-refractivity contribution is -0.142. The van der Waals surface area contributed by atoms with E-state index in [1.165, 1.54) is 6.92 Å². The first-order valence-electron chi connectivity index (χ1n) is 3.72. The Hall–Kier alpha value is -0.260. The lowest BCUT2D eigenvalue weighted by atomic mass is 9.96. The molecule has 0 aromatic carbocycles. The first kappa shape index (κ1) is 11.7. The van der Waals surface area contributed by atoms with E-state index >= 15 is 0 Å². The van der Waals surface area contributed by atoms with Crippen LogP contribution in [0.1, 0.15) is 13.8 Å². The van der Waals surface area contributed by atoms with Crippen LogP contribution < -0.4 is 5.73 Å². The highest BCUT2D eigenvalue weighted by Gasteiger charge is 2.28. The van der Waals surface area contributed by atoms with Gasteiger partial charge in [-0.3, -0.25) is 4.79 Å². The number of nitrogens with two attached hydrogens (primary N) is 1. The molecule has 0 saturated carbocycles. The van der Waals surface area contributed by atoms with Crippen molar-refractivity contribution >= 4 is 18.6 Å². The molecule has 12 heavy (non-hydrogen) atoms. The molecule has 4 unspecified atom stereocenters. The Kier molecular flexibility index (Phi) is 4.59. The van der Waals surface area contributed by atoms with Gasteiger partial charge >= 0.3 is 5.97 Å². The van der Waals surface area contributed by atoms with E-state index in [4.69, 9.17) is 10.8 Å². The van der Waals surface area contributed by atoms with Gasteiger partial charge in [-0.1, -0.05) is 13.8 Å². The van der Waals surface area contributed by atoms with Gasteiger partial charge in [0.2, 0.25) is 0 Å². The van der Waals surface area contributed by atoms with E-state index in [-0.39, 0.29) is 5.25 Å². The molecule has 0 aromatic rings. The average molecular weight is 193 g/mol. The second-order valence-corrected chi connectivity index (χ2v) is 3.75. The minimum atomic E-state index is -1.00. The number of hydrogen-bond donors (Lipinski definition) is 4. The Morgan fingerprint density at radius 1 is 1.50 bits per heavy atom. The minimum absolute atomic E-state index is 0.318. The number of aliphatic hydroxyl groups excluding tert-OH is 1. The Bertz CT molecular complexity index is 163. The predicted octanol–water partition coefficient (Wildman–Crippen LogP) is -0.286. The zero-order valence-electron chi connectivity index (χ0n) is 7.14. The number of hydrogen-bond acceptors (Lipinski definition) is 4. The largest absolute Gasteiger partial charge is 0.481 e. The third-order valence-corrected chi connectivity index (χ3v) is 2.16. The molecule has 0 rings (SSSR count). The standard InChI is InChI=1S/C7H15NO3S/c1-3(7(10)11)5(8)6(9)4(2)12/h3-6,9,12H,8H2,1-2H3,(H,10,11). The van der Waals surface area contributed by atoms with Gasteiger partial charge in [0.25, 0.3) is 0 Å². The van der Waals surface area contributed by atoms with Crippen molar-refractivity contribution in [2.45, 2.75) is 31.2 Å². The summed E-state index contributed by atoms with van der Waals surface area (Å²) < 4.78 is 0. The number of rotatable bonds is 4. The van der Waals surface area contributed by atoms with Gasteiger partial charge in [0.15, 0.2) is 0 Å². The molecule has 0 bridgehead atoms. The van der Waals surface area contributed by atoms with Gasteiger partial charge < -0.3 is 15.9 Å². The van der Waals surface area contributed by atoms with Crippen LogP contribution in [0.3, 0.4) is 0 Å². The molecule has 0 spiro atoms.